The highest BCUT2D eigenvalue weighted by molar-refractivity contribution is 5.83. The fourth-order valence-corrected chi connectivity index (χ4v) is 3.18. The molecule has 5 heteroatoms. The molecule has 122 valence electrons. The molecular weight excluding hydrogens is 291 g/mol. The summed E-state index contributed by atoms with van der Waals surface area (Å²) >= 11 is 0. The van der Waals surface area contributed by atoms with Crippen molar-refractivity contribution < 1.29 is 4.39 Å². The predicted octanol–water partition coefficient (Wildman–Crippen LogP) is 3.08. The molecule has 1 aromatic heterocycles. The van der Waals surface area contributed by atoms with Crippen molar-refractivity contribution in [2.45, 2.75) is 25.7 Å². The van der Waals surface area contributed by atoms with Crippen LogP contribution in [0.2, 0.25) is 0 Å². The van der Waals surface area contributed by atoms with Crippen LogP contribution in [0, 0.1) is 5.82 Å². The SMILES string of the molecule is Nc1cncc(-c2cc(F)cc(CCCN3CCCC3)c2)c1N. The lowest BCUT2D eigenvalue weighted by Crippen LogP contribution is -2.20. The van der Waals surface area contributed by atoms with E-state index in [-0.39, 0.29) is 5.82 Å². The number of halogens is 1. The van der Waals surface area contributed by atoms with E-state index in [1.165, 1.54) is 38.2 Å². The van der Waals surface area contributed by atoms with Crippen LogP contribution in [0.15, 0.2) is 30.6 Å². The second-order valence-corrected chi connectivity index (χ2v) is 6.19. The van der Waals surface area contributed by atoms with E-state index in [0.717, 1.165) is 30.5 Å². The third-order valence-electron chi connectivity index (χ3n) is 4.43. The number of pyridine rings is 1. The number of hydrogen-bond acceptors (Lipinski definition) is 4. The summed E-state index contributed by atoms with van der Waals surface area (Å²) in [6, 6.07) is 5.07. The molecule has 2 aromatic rings. The van der Waals surface area contributed by atoms with Crippen LogP contribution in [0.3, 0.4) is 0 Å². The van der Waals surface area contributed by atoms with Crippen molar-refractivity contribution in [3.63, 3.8) is 0 Å². The van der Waals surface area contributed by atoms with Crippen LogP contribution in [0.25, 0.3) is 11.1 Å². The molecule has 0 radical (unpaired) electrons. The predicted molar refractivity (Wildman–Crippen MR) is 92.5 cm³/mol. The molecule has 4 nitrogen and oxygen atoms in total. The Kier molecular flexibility index (Phi) is 4.76. The lowest BCUT2D eigenvalue weighted by molar-refractivity contribution is 0.334. The zero-order chi connectivity index (χ0) is 16.2. The zero-order valence-electron chi connectivity index (χ0n) is 13.3. The Hall–Kier alpha value is -2.14. The maximum Gasteiger partial charge on any atom is 0.124 e. The summed E-state index contributed by atoms with van der Waals surface area (Å²) in [7, 11) is 0. The minimum absolute atomic E-state index is 0.250. The van der Waals surface area contributed by atoms with Gasteiger partial charge < -0.3 is 16.4 Å². The van der Waals surface area contributed by atoms with Gasteiger partial charge in [0.2, 0.25) is 0 Å². The van der Waals surface area contributed by atoms with Crippen molar-refractivity contribution in [1.82, 2.24) is 9.88 Å². The molecule has 0 saturated carbocycles. The van der Waals surface area contributed by atoms with Crippen molar-refractivity contribution in [3.8, 4) is 11.1 Å². The van der Waals surface area contributed by atoms with Gasteiger partial charge in [-0.15, -0.1) is 0 Å². The van der Waals surface area contributed by atoms with Gasteiger partial charge in [0, 0.05) is 11.8 Å². The van der Waals surface area contributed by atoms with E-state index in [4.69, 9.17) is 11.5 Å². The average molecular weight is 314 g/mol. The van der Waals surface area contributed by atoms with E-state index in [0.29, 0.717) is 16.9 Å². The second kappa shape index (κ2) is 6.96. The molecule has 0 spiro atoms. The van der Waals surface area contributed by atoms with Crippen LogP contribution in [0.4, 0.5) is 15.8 Å². The van der Waals surface area contributed by atoms with Crippen LogP contribution in [-0.2, 0) is 6.42 Å². The molecule has 4 N–H and O–H groups in total. The van der Waals surface area contributed by atoms with Gasteiger partial charge in [-0.2, -0.15) is 0 Å². The summed E-state index contributed by atoms with van der Waals surface area (Å²) < 4.78 is 14.0. The van der Waals surface area contributed by atoms with Crippen molar-refractivity contribution in [1.29, 1.82) is 0 Å². The molecule has 0 aliphatic carbocycles. The van der Waals surface area contributed by atoms with Gasteiger partial charge >= 0.3 is 0 Å². The fourth-order valence-electron chi connectivity index (χ4n) is 3.18. The first-order valence-corrected chi connectivity index (χ1v) is 8.14. The molecule has 1 aliphatic rings. The molecule has 1 aromatic carbocycles. The van der Waals surface area contributed by atoms with Gasteiger partial charge in [0.15, 0.2) is 0 Å². The van der Waals surface area contributed by atoms with Crippen LogP contribution in [-0.4, -0.2) is 29.5 Å². The summed E-state index contributed by atoms with van der Waals surface area (Å²) in [6.07, 6.45) is 7.63. The molecule has 0 atom stereocenters. The molecule has 23 heavy (non-hydrogen) atoms. The standard InChI is InChI=1S/C18H23FN4/c19-15-9-13(4-3-7-23-5-1-2-6-23)8-14(10-15)16-11-22-12-17(20)18(16)21/h8-12H,1-7,20H2,(H2,21,22). The summed E-state index contributed by atoms with van der Waals surface area (Å²) in [5.74, 6) is -0.250. The molecule has 1 aliphatic heterocycles. The second-order valence-electron chi connectivity index (χ2n) is 6.19. The molecule has 0 unspecified atom stereocenters. The minimum atomic E-state index is -0.250. The first-order chi connectivity index (χ1) is 11.1. The third kappa shape index (κ3) is 3.79. The number of likely N-dealkylation sites (tertiary alicyclic amines) is 1. The Morgan fingerprint density at radius 3 is 2.65 bits per heavy atom. The third-order valence-corrected chi connectivity index (χ3v) is 4.43. The number of benzene rings is 1. The van der Waals surface area contributed by atoms with Gasteiger partial charge in [0.05, 0.1) is 17.6 Å². The molecule has 2 heterocycles. The van der Waals surface area contributed by atoms with Crippen LogP contribution >= 0.6 is 0 Å². The topological polar surface area (TPSA) is 68.2 Å². The Morgan fingerprint density at radius 2 is 1.87 bits per heavy atom. The number of nitrogen functional groups attached to an aromatic ring is 2. The molecular formula is C18H23FN4. The maximum absolute atomic E-state index is 14.0. The first kappa shape index (κ1) is 15.7. The Balaban J connectivity index is 1.74. The average Bonchev–Trinajstić information content (AvgIpc) is 3.03. The zero-order valence-corrected chi connectivity index (χ0v) is 13.3. The quantitative estimate of drug-likeness (QED) is 0.890. The molecule has 3 rings (SSSR count). The monoisotopic (exact) mass is 314 g/mol. The van der Waals surface area contributed by atoms with E-state index < -0.39 is 0 Å². The summed E-state index contributed by atoms with van der Waals surface area (Å²) in [4.78, 5) is 6.53. The van der Waals surface area contributed by atoms with E-state index >= 15 is 0 Å². The summed E-state index contributed by atoms with van der Waals surface area (Å²) in [6.45, 7) is 3.47. The molecule has 0 bridgehead atoms. The van der Waals surface area contributed by atoms with Gasteiger partial charge in [-0.3, -0.25) is 4.98 Å². The largest absolute Gasteiger partial charge is 0.396 e. The van der Waals surface area contributed by atoms with Gasteiger partial charge in [-0.25, -0.2) is 4.39 Å². The molecule has 1 fully saturated rings. The van der Waals surface area contributed by atoms with Crippen molar-refractivity contribution >= 4 is 11.4 Å². The number of aromatic nitrogens is 1. The highest BCUT2D eigenvalue weighted by Gasteiger charge is 2.12. The van der Waals surface area contributed by atoms with Gasteiger partial charge in [-0.05, 0) is 68.6 Å². The van der Waals surface area contributed by atoms with Crippen molar-refractivity contribution in [2.24, 2.45) is 0 Å². The maximum atomic E-state index is 14.0. The van der Waals surface area contributed by atoms with Crippen LogP contribution < -0.4 is 11.5 Å². The number of aryl methyl sites for hydroxylation is 1. The smallest absolute Gasteiger partial charge is 0.124 e. The van der Waals surface area contributed by atoms with Crippen molar-refractivity contribution in [2.75, 3.05) is 31.1 Å². The van der Waals surface area contributed by atoms with E-state index in [9.17, 15) is 4.39 Å². The number of hydrogen-bond donors (Lipinski definition) is 2. The lowest BCUT2D eigenvalue weighted by atomic mass is 10.00. The Morgan fingerprint density at radius 1 is 1.09 bits per heavy atom. The number of anilines is 2. The lowest BCUT2D eigenvalue weighted by Gasteiger charge is -2.14. The van der Waals surface area contributed by atoms with E-state index in [1.54, 1.807) is 12.3 Å². The van der Waals surface area contributed by atoms with Crippen LogP contribution in [0.5, 0.6) is 0 Å². The van der Waals surface area contributed by atoms with Gasteiger partial charge in [0.1, 0.15) is 5.82 Å². The fraction of sp³-hybridized carbons (Fsp3) is 0.389. The first-order valence-electron chi connectivity index (χ1n) is 8.14. The van der Waals surface area contributed by atoms with Crippen molar-refractivity contribution in [3.05, 3.63) is 42.0 Å². The molecule has 1 saturated heterocycles. The minimum Gasteiger partial charge on any atom is -0.396 e. The van der Waals surface area contributed by atoms with Crippen LogP contribution in [0.1, 0.15) is 24.8 Å². The van der Waals surface area contributed by atoms with Gasteiger partial charge in [0.25, 0.3) is 0 Å². The van der Waals surface area contributed by atoms with E-state index in [2.05, 4.69) is 9.88 Å². The number of nitrogens with zero attached hydrogens (tertiary/aromatic N) is 2. The summed E-state index contributed by atoms with van der Waals surface area (Å²) in [5.41, 5.74) is 15.1. The highest BCUT2D eigenvalue weighted by Crippen LogP contribution is 2.30. The van der Waals surface area contributed by atoms with Gasteiger partial charge in [-0.1, -0.05) is 6.07 Å². The Labute approximate surface area is 136 Å². The highest BCUT2D eigenvalue weighted by atomic mass is 19.1. The normalized spacial score (nSPS) is 15.2. The molecule has 0 amide bonds. The van der Waals surface area contributed by atoms with E-state index in [1.807, 2.05) is 6.07 Å². The Bertz CT molecular complexity index is 681. The number of rotatable bonds is 5. The number of nitrogens with two attached hydrogens (primary N) is 2. The summed E-state index contributed by atoms with van der Waals surface area (Å²) in [5, 5.41) is 0.